The Balaban J connectivity index is 1.57. The molecule has 0 heterocycles. The fourth-order valence-corrected chi connectivity index (χ4v) is 8.76. The van der Waals surface area contributed by atoms with E-state index in [1.807, 2.05) is 0 Å². The lowest BCUT2D eigenvalue weighted by Crippen LogP contribution is -2.63. The van der Waals surface area contributed by atoms with E-state index < -0.39 is 5.60 Å². The molecule has 0 bridgehead atoms. The number of allylic oxidation sites excluding steroid dienone is 3. The van der Waals surface area contributed by atoms with Gasteiger partial charge in [-0.1, -0.05) is 65.3 Å². The summed E-state index contributed by atoms with van der Waals surface area (Å²) in [5, 5.41) is 22.5. The van der Waals surface area contributed by atoms with Crippen LogP contribution in [0.3, 0.4) is 0 Å². The van der Waals surface area contributed by atoms with Gasteiger partial charge in [-0.3, -0.25) is 0 Å². The second-order valence-corrected chi connectivity index (χ2v) is 12.6. The van der Waals surface area contributed by atoms with Crippen LogP contribution in [0.4, 0.5) is 0 Å². The van der Waals surface area contributed by atoms with Crippen molar-refractivity contribution < 1.29 is 10.2 Å². The van der Waals surface area contributed by atoms with Crippen LogP contribution < -0.4 is 0 Å². The van der Waals surface area contributed by atoms with Crippen molar-refractivity contribution in [3.05, 3.63) is 23.8 Å². The minimum Gasteiger partial charge on any atom is -0.393 e. The second-order valence-electron chi connectivity index (χ2n) is 12.6. The summed E-state index contributed by atoms with van der Waals surface area (Å²) in [5.41, 5.74) is 0.973. The van der Waals surface area contributed by atoms with Crippen molar-refractivity contribution >= 4 is 0 Å². The quantitative estimate of drug-likeness (QED) is 0.467. The highest BCUT2D eigenvalue weighted by atomic mass is 16.3. The van der Waals surface area contributed by atoms with E-state index in [1.165, 1.54) is 24.8 Å². The Kier molecular flexibility index (Phi) is 6.32. The highest BCUT2D eigenvalue weighted by molar-refractivity contribution is 5.30. The molecule has 4 aliphatic rings. The molecule has 0 radical (unpaired) electrons. The number of hydrogen-bond acceptors (Lipinski definition) is 2. The van der Waals surface area contributed by atoms with Gasteiger partial charge < -0.3 is 10.2 Å². The van der Waals surface area contributed by atoms with Gasteiger partial charge in [-0.25, -0.2) is 0 Å². The van der Waals surface area contributed by atoms with Crippen molar-refractivity contribution in [2.24, 2.45) is 46.3 Å². The molecule has 4 aliphatic carbocycles. The minimum absolute atomic E-state index is 0.133. The van der Waals surface area contributed by atoms with Crippen molar-refractivity contribution in [1.29, 1.82) is 0 Å². The van der Waals surface area contributed by atoms with Crippen LogP contribution in [-0.4, -0.2) is 21.9 Å². The Morgan fingerprint density at radius 1 is 1.03 bits per heavy atom. The predicted molar refractivity (Wildman–Crippen MR) is 130 cm³/mol. The summed E-state index contributed by atoms with van der Waals surface area (Å²) in [5.74, 6) is 3.75. The molecule has 0 aromatic rings. The number of fused-ring (bicyclic) bond motifs is 5. The number of aliphatic hydroxyl groups excluding tert-OH is 1. The number of hydrogen-bond donors (Lipinski definition) is 2. The smallest absolute Gasteiger partial charge is 0.0772 e. The van der Waals surface area contributed by atoms with Gasteiger partial charge in [0.2, 0.25) is 0 Å². The van der Waals surface area contributed by atoms with Crippen molar-refractivity contribution in [3.8, 4) is 0 Å². The van der Waals surface area contributed by atoms with Crippen molar-refractivity contribution in [2.45, 2.75) is 111 Å². The third-order valence-electron chi connectivity index (χ3n) is 11.0. The lowest BCUT2D eigenvalue weighted by Gasteiger charge is -2.63. The third kappa shape index (κ3) is 3.59. The molecule has 3 fully saturated rings. The highest BCUT2D eigenvalue weighted by Crippen LogP contribution is 2.68. The van der Waals surface area contributed by atoms with E-state index in [0.29, 0.717) is 35.0 Å². The summed E-state index contributed by atoms with van der Waals surface area (Å²) in [6, 6.07) is 0. The largest absolute Gasteiger partial charge is 0.393 e. The maximum atomic E-state index is 12.3. The molecule has 4 rings (SSSR count). The summed E-state index contributed by atoms with van der Waals surface area (Å²) in [7, 11) is 0. The van der Waals surface area contributed by atoms with Crippen LogP contribution in [0.15, 0.2) is 23.8 Å². The Morgan fingerprint density at radius 2 is 1.77 bits per heavy atom. The van der Waals surface area contributed by atoms with E-state index in [9.17, 15) is 10.2 Å². The van der Waals surface area contributed by atoms with Crippen LogP contribution in [0.2, 0.25) is 0 Å². The maximum absolute atomic E-state index is 12.3. The molecule has 0 amide bonds. The third-order valence-corrected chi connectivity index (χ3v) is 11.0. The molecule has 31 heavy (non-hydrogen) atoms. The molecule has 0 aromatic heterocycles. The van der Waals surface area contributed by atoms with E-state index in [4.69, 9.17) is 0 Å². The molecule has 2 N–H and O–H groups in total. The predicted octanol–water partition coefficient (Wildman–Crippen LogP) is 6.92. The average molecular weight is 429 g/mol. The molecule has 2 heteroatoms. The number of rotatable bonds is 5. The van der Waals surface area contributed by atoms with Gasteiger partial charge >= 0.3 is 0 Å². The molecule has 9 unspecified atom stereocenters. The minimum atomic E-state index is -0.583. The number of aliphatic hydroxyl groups is 2. The van der Waals surface area contributed by atoms with Crippen LogP contribution >= 0.6 is 0 Å². The first kappa shape index (κ1) is 23.6. The first-order valence-corrected chi connectivity index (χ1v) is 13.3. The van der Waals surface area contributed by atoms with Crippen LogP contribution in [-0.2, 0) is 0 Å². The fraction of sp³-hybridized carbons (Fsp3) is 0.862. The van der Waals surface area contributed by atoms with E-state index >= 15 is 0 Å². The summed E-state index contributed by atoms with van der Waals surface area (Å²) in [4.78, 5) is 0. The summed E-state index contributed by atoms with van der Waals surface area (Å²) < 4.78 is 0. The van der Waals surface area contributed by atoms with Crippen LogP contribution in [0.5, 0.6) is 0 Å². The van der Waals surface area contributed by atoms with E-state index in [1.54, 1.807) is 0 Å². The van der Waals surface area contributed by atoms with Gasteiger partial charge in [-0.2, -0.15) is 0 Å². The maximum Gasteiger partial charge on any atom is 0.0772 e. The zero-order valence-electron chi connectivity index (χ0n) is 21.0. The molecule has 0 aromatic carbocycles. The molecule has 0 aliphatic heterocycles. The fourth-order valence-electron chi connectivity index (χ4n) is 8.76. The van der Waals surface area contributed by atoms with Crippen molar-refractivity contribution in [3.63, 3.8) is 0 Å². The average Bonchev–Trinajstić information content (AvgIpc) is 3.07. The van der Waals surface area contributed by atoms with Gasteiger partial charge in [0.05, 0.1) is 11.7 Å². The molecular weight excluding hydrogens is 380 g/mol. The van der Waals surface area contributed by atoms with Crippen LogP contribution in [0, 0.1) is 46.3 Å². The zero-order chi connectivity index (χ0) is 22.6. The van der Waals surface area contributed by atoms with Crippen LogP contribution in [0.25, 0.3) is 0 Å². The SMILES string of the molecule is CCC(/C=C/C(C)C1CCC2C3CC=C4CC(O)CCC4(C)C3(O)CCC12C)C(C)C. The van der Waals surface area contributed by atoms with Gasteiger partial charge in [0.25, 0.3) is 0 Å². The lowest BCUT2D eigenvalue weighted by atomic mass is 9.44. The first-order valence-electron chi connectivity index (χ1n) is 13.3. The Hall–Kier alpha value is -0.600. The Bertz CT molecular complexity index is 722. The molecule has 2 nitrogen and oxygen atoms in total. The Labute approximate surface area is 191 Å². The molecule has 0 saturated heterocycles. The zero-order valence-corrected chi connectivity index (χ0v) is 21.0. The molecular formula is C29H48O2. The summed E-state index contributed by atoms with van der Waals surface area (Å²) >= 11 is 0. The van der Waals surface area contributed by atoms with E-state index in [0.717, 1.165) is 44.4 Å². The van der Waals surface area contributed by atoms with Gasteiger partial charge in [-0.15, -0.1) is 0 Å². The van der Waals surface area contributed by atoms with E-state index in [2.05, 4.69) is 59.8 Å². The van der Waals surface area contributed by atoms with Gasteiger partial charge in [-0.05, 0) is 98.7 Å². The lowest BCUT2D eigenvalue weighted by molar-refractivity contribution is -0.189. The molecule has 0 spiro atoms. The second kappa shape index (κ2) is 8.32. The van der Waals surface area contributed by atoms with Gasteiger partial charge in [0.1, 0.15) is 0 Å². The monoisotopic (exact) mass is 428 g/mol. The molecule has 176 valence electrons. The standard InChI is InChI=1S/C29H48O2/c1-7-21(19(2)3)9-8-20(4)24-12-13-25-26-11-10-22-18-23(30)14-15-28(22,6)29(26,31)17-16-27(24,25)5/h8-10,19-21,23-26,30-31H,7,11-18H2,1-6H3/b9-8+. The van der Waals surface area contributed by atoms with Crippen LogP contribution in [0.1, 0.15) is 99.3 Å². The topological polar surface area (TPSA) is 40.5 Å². The summed E-state index contributed by atoms with van der Waals surface area (Å²) in [6.07, 6.45) is 16.7. The highest BCUT2D eigenvalue weighted by Gasteiger charge is 2.65. The molecule has 9 atom stereocenters. The van der Waals surface area contributed by atoms with Gasteiger partial charge in [0.15, 0.2) is 0 Å². The summed E-state index contributed by atoms with van der Waals surface area (Å²) in [6.45, 7) is 14.3. The van der Waals surface area contributed by atoms with Crippen molar-refractivity contribution in [2.75, 3.05) is 0 Å². The Morgan fingerprint density at radius 3 is 2.45 bits per heavy atom. The first-order chi connectivity index (χ1) is 14.6. The molecule has 3 saturated carbocycles. The van der Waals surface area contributed by atoms with E-state index in [-0.39, 0.29) is 11.5 Å². The van der Waals surface area contributed by atoms with Crippen molar-refractivity contribution in [1.82, 2.24) is 0 Å². The van der Waals surface area contributed by atoms with Gasteiger partial charge in [0, 0.05) is 5.41 Å². The normalized spacial score (nSPS) is 46.9.